The van der Waals surface area contributed by atoms with Crippen LogP contribution in [0.4, 0.5) is 5.69 Å². The first-order valence-corrected chi connectivity index (χ1v) is 4.98. The van der Waals surface area contributed by atoms with Gasteiger partial charge in [-0.1, -0.05) is 29.3 Å². The molecule has 16 heavy (non-hydrogen) atoms. The molecule has 0 saturated heterocycles. The zero-order valence-electron chi connectivity index (χ0n) is 7.80. The molecular formula is C9H5Cl2N3O2. The second kappa shape index (κ2) is 4.11. The molecule has 0 N–H and O–H groups in total. The Hall–Kier alpha value is -1.59. The topological polar surface area (TPSA) is 61.0 Å². The highest BCUT2D eigenvalue weighted by Gasteiger charge is 2.20. The lowest BCUT2D eigenvalue weighted by atomic mass is 10.2. The van der Waals surface area contributed by atoms with E-state index in [9.17, 15) is 10.1 Å². The number of benzene rings is 1. The summed E-state index contributed by atoms with van der Waals surface area (Å²) in [6.45, 7) is 0. The molecule has 0 spiro atoms. The Labute approximate surface area is 100 Å². The molecule has 0 radical (unpaired) electrons. The molecule has 1 aromatic heterocycles. The molecule has 7 heteroatoms. The van der Waals surface area contributed by atoms with E-state index in [-0.39, 0.29) is 16.4 Å². The van der Waals surface area contributed by atoms with Crippen LogP contribution in [0, 0.1) is 10.1 Å². The average Bonchev–Trinajstić information content (AvgIpc) is 2.63. The van der Waals surface area contributed by atoms with E-state index < -0.39 is 4.92 Å². The zero-order valence-corrected chi connectivity index (χ0v) is 9.31. The van der Waals surface area contributed by atoms with Gasteiger partial charge in [0.15, 0.2) is 0 Å². The van der Waals surface area contributed by atoms with Crippen LogP contribution in [0.15, 0.2) is 30.6 Å². The van der Waals surface area contributed by atoms with Crippen LogP contribution < -0.4 is 0 Å². The van der Waals surface area contributed by atoms with E-state index in [0.29, 0.717) is 5.02 Å². The molecule has 0 aliphatic heterocycles. The number of nitro groups is 1. The molecule has 0 aliphatic carbocycles. The molecule has 82 valence electrons. The smallest absolute Gasteiger partial charge is 0.258 e. The molecule has 0 atom stereocenters. The predicted molar refractivity (Wildman–Crippen MR) is 60.2 cm³/mol. The normalized spacial score (nSPS) is 10.4. The summed E-state index contributed by atoms with van der Waals surface area (Å²) in [5, 5.41) is 15.2. The standard InChI is InChI=1S/C9H5Cl2N3O2/c10-6-4-12-13(5-6)8-3-1-2-7(11)9(8)14(15)16/h1-5H. The molecule has 0 fully saturated rings. The van der Waals surface area contributed by atoms with Gasteiger partial charge in [-0.3, -0.25) is 10.1 Å². The van der Waals surface area contributed by atoms with Gasteiger partial charge in [-0.05, 0) is 12.1 Å². The van der Waals surface area contributed by atoms with Crippen molar-refractivity contribution >= 4 is 28.9 Å². The van der Waals surface area contributed by atoms with Gasteiger partial charge < -0.3 is 0 Å². The number of aromatic nitrogens is 2. The maximum absolute atomic E-state index is 10.9. The summed E-state index contributed by atoms with van der Waals surface area (Å²) < 4.78 is 1.31. The number of nitro benzene ring substituents is 1. The van der Waals surface area contributed by atoms with E-state index >= 15 is 0 Å². The van der Waals surface area contributed by atoms with Crippen LogP contribution in [0.5, 0.6) is 0 Å². The van der Waals surface area contributed by atoms with Gasteiger partial charge in [0.2, 0.25) is 0 Å². The third-order valence-electron chi connectivity index (χ3n) is 1.95. The Morgan fingerprint density at radius 1 is 1.38 bits per heavy atom. The van der Waals surface area contributed by atoms with Crippen molar-refractivity contribution < 1.29 is 4.92 Å². The molecular weight excluding hydrogens is 253 g/mol. The summed E-state index contributed by atoms with van der Waals surface area (Å²) in [4.78, 5) is 10.3. The molecule has 2 rings (SSSR count). The summed E-state index contributed by atoms with van der Waals surface area (Å²) in [6, 6.07) is 4.61. The fourth-order valence-electron chi connectivity index (χ4n) is 1.30. The Kier molecular flexibility index (Phi) is 2.80. The first-order valence-electron chi connectivity index (χ1n) is 4.23. The van der Waals surface area contributed by atoms with E-state index in [1.54, 1.807) is 12.1 Å². The quantitative estimate of drug-likeness (QED) is 0.614. The maximum Gasteiger partial charge on any atom is 0.313 e. The van der Waals surface area contributed by atoms with Gasteiger partial charge in [0.05, 0.1) is 16.1 Å². The van der Waals surface area contributed by atoms with Crippen molar-refractivity contribution in [1.29, 1.82) is 0 Å². The highest BCUT2D eigenvalue weighted by Crippen LogP contribution is 2.30. The van der Waals surface area contributed by atoms with Crippen LogP contribution in [0.1, 0.15) is 0 Å². The maximum atomic E-state index is 10.9. The fourth-order valence-corrected chi connectivity index (χ4v) is 1.68. The monoisotopic (exact) mass is 257 g/mol. The average molecular weight is 258 g/mol. The first kappa shape index (κ1) is 10.9. The van der Waals surface area contributed by atoms with Crippen LogP contribution in [-0.4, -0.2) is 14.7 Å². The molecule has 0 unspecified atom stereocenters. The summed E-state index contributed by atoms with van der Waals surface area (Å²) in [6.07, 6.45) is 2.87. The number of hydrogen-bond acceptors (Lipinski definition) is 3. The molecule has 1 aromatic carbocycles. The number of hydrogen-bond donors (Lipinski definition) is 0. The highest BCUT2D eigenvalue weighted by molar-refractivity contribution is 6.33. The minimum atomic E-state index is -0.548. The lowest BCUT2D eigenvalue weighted by Gasteiger charge is -2.03. The van der Waals surface area contributed by atoms with Gasteiger partial charge in [0.25, 0.3) is 0 Å². The lowest BCUT2D eigenvalue weighted by Crippen LogP contribution is -2.00. The van der Waals surface area contributed by atoms with Crippen molar-refractivity contribution in [1.82, 2.24) is 9.78 Å². The van der Waals surface area contributed by atoms with Gasteiger partial charge in [0.1, 0.15) is 10.7 Å². The van der Waals surface area contributed by atoms with Crippen molar-refractivity contribution in [2.45, 2.75) is 0 Å². The van der Waals surface area contributed by atoms with Gasteiger partial charge in [-0.2, -0.15) is 5.10 Å². The Morgan fingerprint density at radius 3 is 2.69 bits per heavy atom. The van der Waals surface area contributed by atoms with Crippen molar-refractivity contribution in [3.8, 4) is 5.69 Å². The molecule has 5 nitrogen and oxygen atoms in total. The summed E-state index contributed by atoms with van der Waals surface area (Å²) in [5.74, 6) is 0. The molecule has 0 aliphatic rings. The Balaban J connectivity index is 2.65. The number of nitrogens with zero attached hydrogens (tertiary/aromatic N) is 3. The molecule has 0 saturated carbocycles. The fraction of sp³-hybridized carbons (Fsp3) is 0. The Morgan fingerprint density at radius 2 is 2.12 bits per heavy atom. The van der Waals surface area contributed by atoms with Gasteiger partial charge in [0, 0.05) is 6.20 Å². The molecule has 2 aromatic rings. The van der Waals surface area contributed by atoms with E-state index in [2.05, 4.69) is 5.10 Å². The second-order valence-corrected chi connectivity index (χ2v) is 3.81. The minimum Gasteiger partial charge on any atom is -0.258 e. The third-order valence-corrected chi connectivity index (χ3v) is 2.45. The molecule has 0 amide bonds. The summed E-state index contributed by atoms with van der Waals surface area (Å²) in [5.41, 5.74) is 0.0910. The number of rotatable bonds is 2. The summed E-state index contributed by atoms with van der Waals surface area (Å²) in [7, 11) is 0. The largest absolute Gasteiger partial charge is 0.313 e. The Bertz CT molecular complexity index is 553. The third kappa shape index (κ3) is 1.87. The number of halogens is 2. The lowest BCUT2D eigenvalue weighted by molar-refractivity contribution is -0.384. The van der Waals surface area contributed by atoms with E-state index in [4.69, 9.17) is 23.2 Å². The highest BCUT2D eigenvalue weighted by atomic mass is 35.5. The van der Waals surface area contributed by atoms with Crippen molar-refractivity contribution in [3.05, 3.63) is 50.8 Å². The van der Waals surface area contributed by atoms with Gasteiger partial charge in [-0.15, -0.1) is 0 Å². The van der Waals surface area contributed by atoms with Crippen LogP contribution in [0.2, 0.25) is 10.0 Å². The van der Waals surface area contributed by atoms with Crippen molar-refractivity contribution in [2.75, 3.05) is 0 Å². The van der Waals surface area contributed by atoms with Crippen molar-refractivity contribution in [3.63, 3.8) is 0 Å². The van der Waals surface area contributed by atoms with Gasteiger partial charge >= 0.3 is 5.69 Å². The number of para-hydroxylation sites is 1. The van der Waals surface area contributed by atoms with E-state index in [1.165, 1.54) is 23.1 Å². The second-order valence-electron chi connectivity index (χ2n) is 2.97. The van der Waals surface area contributed by atoms with E-state index in [1.807, 2.05) is 0 Å². The van der Waals surface area contributed by atoms with Crippen LogP contribution in [0.25, 0.3) is 5.69 Å². The minimum absolute atomic E-state index is 0.0640. The molecule has 1 heterocycles. The van der Waals surface area contributed by atoms with Crippen LogP contribution in [-0.2, 0) is 0 Å². The van der Waals surface area contributed by atoms with E-state index in [0.717, 1.165) is 0 Å². The SMILES string of the molecule is O=[N+]([O-])c1c(Cl)cccc1-n1cc(Cl)cn1. The van der Waals surface area contributed by atoms with Crippen molar-refractivity contribution in [2.24, 2.45) is 0 Å². The molecule has 0 bridgehead atoms. The van der Waals surface area contributed by atoms with Gasteiger partial charge in [-0.25, -0.2) is 4.68 Å². The van der Waals surface area contributed by atoms with Crippen LogP contribution in [0.3, 0.4) is 0 Å². The first-order chi connectivity index (χ1) is 7.59. The summed E-state index contributed by atoms with van der Waals surface area (Å²) >= 11 is 11.5. The predicted octanol–water partition coefficient (Wildman–Crippen LogP) is 3.09. The zero-order chi connectivity index (χ0) is 11.7. The van der Waals surface area contributed by atoms with Crippen LogP contribution >= 0.6 is 23.2 Å².